The van der Waals surface area contributed by atoms with Crippen molar-refractivity contribution in [2.45, 2.75) is 19.4 Å². The minimum absolute atomic E-state index is 0.0685. The van der Waals surface area contributed by atoms with Gasteiger partial charge in [0.15, 0.2) is 5.78 Å². The number of benzene rings is 2. The zero-order chi connectivity index (χ0) is 19.5. The highest BCUT2D eigenvalue weighted by Gasteiger charge is 2.18. The van der Waals surface area contributed by atoms with E-state index in [9.17, 15) is 9.18 Å². The van der Waals surface area contributed by atoms with Gasteiger partial charge in [-0.25, -0.2) is 4.39 Å². The van der Waals surface area contributed by atoms with Crippen LogP contribution >= 0.6 is 0 Å². The Kier molecular flexibility index (Phi) is 5.40. The van der Waals surface area contributed by atoms with E-state index in [1.54, 1.807) is 18.2 Å². The van der Waals surface area contributed by atoms with Crippen molar-refractivity contribution < 1.29 is 9.18 Å². The maximum Gasteiger partial charge on any atom is 0.187 e. The molecule has 0 atom stereocenters. The number of para-hydroxylation sites is 1. The van der Waals surface area contributed by atoms with Crippen LogP contribution in [0.2, 0.25) is 0 Å². The van der Waals surface area contributed by atoms with Crippen molar-refractivity contribution >= 4 is 16.7 Å². The second-order valence-electron chi connectivity index (χ2n) is 7.64. The van der Waals surface area contributed by atoms with Gasteiger partial charge in [0.2, 0.25) is 0 Å². The van der Waals surface area contributed by atoms with E-state index >= 15 is 0 Å². The van der Waals surface area contributed by atoms with Crippen LogP contribution in [-0.4, -0.2) is 28.3 Å². The van der Waals surface area contributed by atoms with E-state index in [0.29, 0.717) is 5.92 Å². The molecule has 0 bridgehead atoms. The summed E-state index contributed by atoms with van der Waals surface area (Å²) in [6.07, 6.45) is 7.78. The van der Waals surface area contributed by atoms with E-state index in [1.165, 1.54) is 6.07 Å². The molecule has 1 fully saturated rings. The maximum absolute atomic E-state index is 13.3. The topological polar surface area (TPSA) is 25.2 Å². The number of aryl methyl sites for hydroxylation is 1. The normalized spacial score (nSPS) is 16.2. The van der Waals surface area contributed by atoms with E-state index in [4.69, 9.17) is 0 Å². The van der Waals surface area contributed by atoms with Gasteiger partial charge in [0.1, 0.15) is 5.82 Å². The fourth-order valence-corrected chi connectivity index (χ4v) is 4.05. The number of hydrogen-bond acceptors (Lipinski definition) is 2. The monoisotopic (exact) mass is 376 g/mol. The Bertz CT molecular complexity index is 1010. The summed E-state index contributed by atoms with van der Waals surface area (Å²) in [4.78, 5) is 15.1. The minimum Gasteiger partial charge on any atom is -0.350 e. The number of allylic oxidation sites excluding steroid dienone is 2. The molecule has 0 amide bonds. The van der Waals surface area contributed by atoms with Gasteiger partial charge < -0.3 is 4.57 Å². The van der Waals surface area contributed by atoms with Crippen molar-refractivity contribution in [2.24, 2.45) is 13.0 Å². The van der Waals surface area contributed by atoms with Gasteiger partial charge >= 0.3 is 0 Å². The molecule has 144 valence electrons. The fraction of sp³-hybridized carbons (Fsp3) is 0.292. The number of rotatable bonds is 5. The molecule has 1 aliphatic rings. The minimum atomic E-state index is -0.178. The van der Waals surface area contributed by atoms with E-state index in [1.807, 2.05) is 48.1 Å². The number of piperidine rings is 1. The van der Waals surface area contributed by atoms with E-state index in [0.717, 1.165) is 54.5 Å². The number of nitrogens with zero attached hydrogens (tertiary/aromatic N) is 2. The van der Waals surface area contributed by atoms with E-state index < -0.39 is 0 Å². The third kappa shape index (κ3) is 4.07. The Hall–Kier alpha value is -2.72. The van der Waals surface area contributed by atoms with Gasteiger partial charge in [-0.15, -0.1) is 0 Å². The van der Waals surface area contributed by atoms with Crippen molar-refractivity contribution in [1.82, 2.24) is 9.47 Å². The Morgan fingerprint density at radius 3 is 2.71 bits per heavy atom. The number of halogens is 1. The summed E-state index contributed by atoms with van der Waals surface area (Å²) in [5, 5.41) is 1.00. The average Bonchev–Trinajstić information content (AvgIpc) is 3.04. The molecule has 0 radical (unpaired) electrons. The second-order valence-corrected chi connectivity index (χ2v) is 7.64. The van der Waals surface area contributed by atoms with Gasteiger partial charge in [0.25, 0.3) is 0 Å². The van der Waals surface area contributed by atoms with Crippen LogP contribution in [0.25, 0.3) is 10.9 Å². The molecule has 0 saturated carbocycles. The number of aromatic nitrogens is 1. The first kappa shape index (κ1) is 18.6. The van der Waals surface area contributed by atoms with Gasteiger partial charge in [0.05, 0.1) is 0 Å². The quantitative estimate of drug-likeness (QED) is 0.464. The molecule has 4 heteroatoms. The molecular weight excluding hydrogens is 351 g/mol. The van der Waals surface area contributed by atoms with Crippen LogP contribution in [0.5, 0.6) is 0 Å². The second kappa shape index (κ2) is 8.11. The standard InChI is InChI=1S/C24H25FN2O/c1-26-17-22(21-7-2-3-8-23(21)26)24(28)10-9-18-11-13-27(14-12-18)16-19-5-4-6-20(25)15-19/h2-10,15,17-18H,11-14,16H2,1H3/b10-9+. The Morgan fingerprint density at radius 1 is 1.14 bits per heavy atom. The average molecular weight is 376 g/mol. The number of likely N-dealkylation sites (tertiary alicyclic amines) is 1. The molecule has 0 N–H and O–H groups in total. The van der Waals surface area contributed by atoms with Gasteiger partial charge in [0, 0.05) is 36.3 Å². The van der Waals surface area contributed by atoms with Crippen LogP contribution in [-0.2, 0) is 13.6 Å². The Balaban J connectivity index is 1.35. The van der Waals surface area contributed by atoms with Gasteiger partial charge in [-0.3, -0.25) is 9.69 Å². The molecule has 4 rings (SSSR count). The first-order valence-electron chi connectivity index (χ1n) is 9.83. The molecule has 3 aromatic rings. The lowest BCUT2D eigenvalue weighted by Gasteiger charge is -2.30. The van der Waals surface area contributed by atoms with Crippen molar-refractivity contribution in [1.29, 1.82) is 0 Å². The predicted molar refractivity (Wildman–Crippen MR) is 111 cm³/mol. The molecule has 1 aliphatic heterocycles. The summed E-state index contributed by atoms with van der Waals surface area (Å²) in [5.74, 6) is 0.309. The molecule has 1 aromatic heterocycles. The molecular formula is C24H25FN2O. The first-order chi connectivity index (χ1) is 13.6. The molecule has 3 nitrogen and oxygen atoms in total. The molecule has 0 aliphatic carbocycles. The zero-order valence-electron chi connectivity index (χ0n) is 16.1. The summed E-state index contributed by atoms with van der Waals surface area (Å²) >= 11 is 0. The maximum atomic E-state index is 13.3. The van der Waals surface area contributed by atoms with Gasteiger partial charge in [-0.1, -0.05) is 36.4 Å². The third-order valence-corrected chi connectivity index (χ3v) is 5.61. The number of fused-ring (bicyclic) bond motifs is 1. The summed E-state index contributed by atoms with van der Waals surface area (Å²) in [6, 6.07) is 14.8. The largest absolute Gasteiger partial charge is 0.350 e. The molecule has 1 saturated heterocycles. The summed E-state index contributed by atoms with van der Waals surface area (Å²) < 4.78 is 15.3. The highest BCUT2D eigenvalue weighted by atomic mass is 19.1. The summed E-state index contributed by atoms with van der Waals surface area (Å²) in [7, 11) is 1.97. The van der Waals surface area contributed by atoms with Crippen molar-refractivity contribution in [3.8, 4) is 0 Å². The third-order valence-electron chi connectivity index (χ3n) is 5.61. The number of carbonyl (C=O) groups is 1. The molecule has 0 unspecified atom stereocenters. The smallest absolute Gasteiger partial charge is 0.187 e. The van der Waals surface area contributed by atoms with Gasteiger partial charge in [-0.05, 0) is 61.7 Å². The molecule has 28 heavy (non-hydrogen) atoms. The first-order valence-corrected chi connectivity index (χ1v) is 9.83. The number of ketones is 1. The zero-order valence-corrected chi connectivity index (χ0v) is 16.1. The van der Waals surface area contributed by atoms with Crippen LogP contribution in [0.4, 0.5) is 4.39 Å². The van der Waals surface area contributed by atoms with Crippen LogP contribution < -0.4 is 0 Å². The SMILES string of the molecule is Cn1cc(C(=O)/C=C/C2CCN(Cc3cccc(F)c3)CC2)c2ccccc21. The summed E-state index contributed by atoms with van der Waals surface area (Å²) in [5.41, 5.74) is 2.85. The van der Waals surface area contributed by atoms with E-state index in [2.05, 4.69) is 11.0 Å². The highest BCUT2D eigenvalue weighted by Crippen LogP contribution is 2.23. The molecule has 0 spiro atoms. The molecule has 2 aromatic carbocycles. The number of hydrogen-bond donors (Lipinski definition) is 0. The van der Waals surface area contributed by atoms with Crippen LogP contribution in [0.3, 0.4) is 0 Å². The predicted octanol–water partition coefficient (Wildman–Crippen LogP) is 4.97. The lowest BCUT2D eigenvalue weighted by Crippen LogP contribution is -2.32. The van der Waals surface area contributed by atoms with Crippen LogP contribution in [0, 0.1) is 11.7 Å². The van der Waals surface area contributed by atoms with Crippen molar-refractivity contribution in [2.75, 3.05) is 13.1 Å². The number of carbonyl (C=O) groups excluding carboxylic acids is 1. The van der Waals surface area contributed by atoms with Crippen LogP contribution in [0.1, 0.15) is 28.8 Å². The Morgan fingerprint density at radius 2 is 1.93 bits per heavy atom. The summed E-state index contributed by atoms with van der Waals surface area (Å²) in [6.45, 7) is 2.71. The molecule has 2 heterocycles. The highest BCUT2D eigenvalue weighted by molar-refractivity contribution is 6.13. The Labute approximate surface area is 165 Å². The lowest BCUT2D eigenvalue weighted by molar-refractivity contribution is 0.104. The van der Waals surface area contributed by atoms with Gasteiger partial charge in [-0.2, -0.15) is 0 Å². The van der Waals surface area contributed by atoms with Crippen molar-refractivity contribution in [3.05, 3.63) is 83.8 Å². The fourth-order valence-electron chi connectivity index (χ4n) is 4.05. The lowest BCUT2D eigenvalue weighted by atomic mass is 9.95. The van der Waals surface area contributed by atoms with Crippen LogP contribution in [0.15, 0.2) is 66.9 Å². The van der Waals surface area contributed by atoms with Crippen molar-refractivity contribution in [3.63, 3.8) is 0 Å². The van der Waals surface area contributed by atoms with E-state index in [-0.39, 0.29) is 11.6 Å².